The molecule has 1 fully saturated rings. The summed E-state index contributed by atoms with van der Waals surface area (Å²) in [5.74, 6) is -1.52. The normalized spacial score (nSPS) is 13.4. The van der Waals surface area contributed by atoms with Crippen LogP contribution in [0.2, 0.25) is 0 Å². The van der Waals surface area contributed by atoms with Crippen molar-refractivity contribution in [1.82, 2.24) is 9.88 Å². The van der Waals surface area contributed by atoms with Crippen LogP contribution in [0.4, 0.5) is 5.13 Å². The number of nitrogens with zero attached hydrogens (tertiary/aromatic N) is 3. The molecule has 8 nitrogen and oxygen atoms in total. The lowest BCUT2D eigenvalue weighted by molar-refractivity contribution is -0.149. The minimum absolute atomic E-state index is 0.0155. The van der Waals surface area contributed by atoms with Crippen LogP contribution in [-0.4, -0.2) is 53.3 Å². The summed E-state index contributed by atoms with van der Waals surface area (Å²) in [7, 11) is 0. The van der Waals surface area contributed by atoms with Gasteiger partial charge in [-0.1, -0.05) is 56.5 Å². The van der Waals surface area contributed by atoms with Gasteiger partial charge in [-0.15, -0.1) is 11.3 Å². The Morgan fingerprint density at radius 3 is 2.52 bits per heavy atom. The third-order valence-corrected chi connectivity index (χ3v) is 6.24. The summed E-state index contributed by atoms with van der Waals surface area (Å²) in [6, 6.07) is 9.73. The lowest BCUT2D eigenvalue weighted by Crippen LogP contribution is -2.36. The maximum absolute atomic E-state index is 12.9. The van der Waals surface area contributed by atoms with Gasteiger partial charge in [0.25, 0.3) is 5.91 Å². The predicted octanol–water partition coefficient (Wildman–Crippen LogP) is 3.81. The molecule has 1 aliphatic heterocycles. The number of ether oxygens (including phenoxy) is 1. The Morgan fingerprint density at radius 2 is 1.82 bits per heavy atom. The van der Waals surface area contributed by atoms with E-state index in [4.69, 9.17) is 4.74 Å². The van der Waals surface area contributed by atoms with Crippen molar-refractivity contribution in [2.75, 3.05) is 24.6 Å². The van der Waals surface area contributed by atoms with Crippen molar-refractivity contribution in [2.45, 2.75) is 51.9 Å². The molecule has 3 rings (SSSR count). The van der Waals surface area contributed by atoms with Crippen LogP contribution in [0.25, 0.3) is 11.3 Å². The molecule has 0 radical (unpaired) electrons. The Hall–Kier alpha value is -3.07. The number of unbranched alkanes of at least 4 members (excludes halogenated alkanes) is 3. The number of anilines is 1. The monoisotopic (exact) mass is 471 g/mol. The third kappa shape index (κ3) is 6.95. The van der Waals surface area contributed by atoms with Gasteiger partial charge in [-0.2, -0.15) is 0 Å². The highest BCUT2D eigenvalue weighted by Crippen LogP contribution is 2.28. The Balaban J connectivity index is 1.58. The number of benzene rings is 1. The first-order valence-electron chi connectivity index (χ1n) is 11.3. The first-order valence-corrected chi connectivity index (χ1v) is 12.2. The molecule has 1 saturated heterocycles. The summed E-state index contributed by atoms with van der Waals surface area (Å²) in [4.78, 5) is 55.6. The van der Waals surface area contributed by atoms with E-state index >= 15 is 0 Å². The first kappa shape index (κ1) is 24.6. The van der Waals surface area contributed by atoms with Crippen molar-refractivity contribution in [2.24, 2.45) is 0 Å². The van der Waals surface area contributed by atoms with Gasteiger partial charge in [0, 0.05) is 36.9 Å². The summed E-state index contributed by atoms with van der Waals surface area (Å²) in [6.07, 6.45) is 4.22. The molecule has 1 aliphatic rings. The molecule has 9 heteroatoms. The standard InChI is InChI=1S/C24H29N3O5S/c1-2-3-4-8-14-27(24-25-19(17-33-24)18-9-6-5-7-10-18)22(30)16-32-23(31)13-15-26-20(28)11-12-21(26)29/h5-7,9-10,17H,2-4,8,11-16H2,1H3. The highest BCUT2D eigenvalue weighted by Gasteiger charge is 2.29. The fraction of sp³-hybridized carbons (Fsp3) is 0.458. The summed E-state index contributed by atoms with van der Waals surface area (Å²) in [6.45, 7) is 2.20. The quantitative estimate of drug-likeness (QED) is 0.265. The van der Waals surface area contributed by atoms with Crippen LogP contribution in [0, 0.1) is 0 Å². The lowest BCUT2D eigenvalue weighted by atomic mass is 10.2. The smallest absolute Gasteiger partial charge is 0.308 e. The summed E-state index contributed by atoms with van der Waals surface area (Å²) >= 11 is 1.38. The number of thiazole rings is 1. The molecule has 0 unspecified atom stereocenters. The van der Waals surface area contributed by atoms with E-state index in [-0.39, 0.29) is 43.5 Å². The lowest BCUT2D eigenvalue weighted by Gasteiger charge is -2.20. The van der Waals surface area contributed by atoms with Gasteiger partial charge in [0.05, 0.1) is 12.1 Å². The van der Waals surface area contributed by atoms with Gasteiger partial charge in [0.1, 0.15) is 0 Å². The van der Waals surface area contributed by atoms with Gasteiger partial charge >= 0.3 is 5.97 Å². The summed E-state index contributed by atoms with van der Waals surface area (Å²) < 4.78 is 5.15. The molecule has 176 valence electrons. The highest BCUT2D eigenvalue weighted by molar-refractivity contribution is 7.14. The fourth-order valence-corrected chi connectivity index (χ4v) is 4.40. The number of hydrogen-bond donors (Lipinski definition) is 0. The van der Waals surface area contributed by atoms with Crippen LogP contribution >= 0.6 is 11.3 Å². The molecule has 0 N–H and O–H groups in total. The molecule has 2 heterocycles. The molecule has 0 bridgehead atoms. The van der Waals surface area contributed by atoms with E-state index in [1.807, 2.05) is 35.7 Å². The van der Waals surface area contributed by atoms with Gasteiger partial charge in [0.15, 0.2) is 11.7 Å². The van der Waals surface area contributed by atoms with Crippen molar-refractivity contribution >= 4 is 40.2 Å². The van der Waals surface area contributed by atoms with E-state index in [0.29, 0.717) is 11.7 Å². The van der Waals surface area contributed by atoms with E-state index in [9.17, 15) is 19.2 Å². The molecule has 0 atom stereocenters. The first-order chi connectivity index (χ1) is 16.0. The number of carbonyl (C=O) groups excluding carboxylic acids is 4. The van der Waals surface area contributed by atoms with Gasteiger partial charge in [-0.25, -0.2) is 4.98 Å². The number of amides is 3. The molecule has 2 aromatic rings. The second-order valence-corrected chi connectivity index (χ2v) is 8.67. The van der Waals surface area contributed by atoms with Crippen LogP contribution in [0.5, 0.6) is 0 Å². The zero-order valence-corrected chi connectivity index (χ0v) is 19.6. The number of likely N-dealkylation sites (tertiary alicyclic amines) is 1. The molecule has 1 aromatic carbocycles. The second-order valence-electron chi connectivity index (χ2n) is 7.84. The number of hydrogen-bond acceptors (Lipinski definition) is 7. The van der Waals surface area contributed by atoms with Crippen LogP contribution in [0.3, 0.4) is 0 Å². The van der Waals surface area contributed by atoms with E-state index in [0.717, 1.165) is 41.8 Å². The molecular weight excluding hydrogens is 442 g/mol. The topological polar surface area (TPSA) is 96.9 Å². The minimum Gasteiger partial charge on any atom is -0.455 e. The second kappa shape index (κ2) is 12.2. The number of carbonyl (C=O) groups is 4. The summed E-state index contributed by atoms with van der Waals surface area (Å²) in [5, 5.41) is 2.48. The maximum Gasteiger partial charge on any atom is 0.308 e. The Bertz CT molecular complexity index is 959. The Morgan fingerprint density at radius 1 is 1.09 bits per heavy atom. The number of rotatable bonds is 12. The van der Waals surface area contributed by atoms with E-state index in [2.05, 4.69) is 11.9 Å². The number of esters is 1. The molecular formula is C24H29N3O5S. The van der Waals surface area contributed by atoms with Gasteiger partial charge in [-0.05, 0) is 6.42 Å². The molecule has 33 heavy (non-hydrogen) atoms. The number of aromatic nitrogens is 1. The van der Waals surface area contributed by atoms with Crippen molar-refractivity contribution in [3.63, 3.8) is 0 Å². The van der Waals surface area contributed by atoms with E-state index in [1.54, 1.807) is 4.90 Å². The summed E-state index contributed by atoms with van der Waals surface area (Å²) in [5.41, 5.74) is 1.76. The largest absolute Gasteiger partial charge is 0.455 e. The third-order valence-electron chi connectivity index (χ3n) is 5.38. The van der Waals surface area contributed by atoms with Crippen molar-refractivity contribution < 1.29 is 23.9 Å². The van der Waals surface area contributed by atoms with Crippen molar-refractivity contribution in [3.05, 3.63) is 35.7 Å². The molecule has 0 spiro atoms. The van der Waals surface area contributed by atoms with Crippen molar-refractivity contribution in [3.8, 4) is 11.3 Å². The van der Waals surface area contributed by atoms with Crippen molar-refractivity contribution in [1.29, 1.82) is 0 Å². The average Bonchev–Trinajstić information content (AvgIpc) is 3.43. The highest BCUT2D eigenvalue weighted by atomic mass is 32.1. The molecule has 3 amide bonds. The van der Waals surface area contributed by atoms with Crippen LogP contribution < -0.4 is 4.90 Å². The average molecular weight is 472 g/mol. The van der Waals surface area contributed by atoms with Crippen LogP contribution in [-0.2, 0) is 23.9 Å². The van der Waals surface area contributed by atoms with Gasteiger partial charge < -0.3 is 4.74 Å². The van der Waals surface area contributed by atoms with Gasteiger partial charge in [0.2, 0.25) is 11.8 Å². The van der Waals surface area contributed by atoms with Gasteiger partial charge in [-0.3, -0.25) is 29.0 Å². The number of imide groups is 1. The molecule has 0 saturated carbocycles. The van der Waals surface area contributed by atoms with E-state index < -0.39 is 12.6 Å². The maximum atomic E-state index is 12.9. The zero-order valence-electron chi connectivity index (χ0n) is 18.8. The SMILES string of the molecule is CCCCCCN(C(=O)COC(=O)CCN1C(=O)CCC1=O)c1nc(-c2ccccc2)cs1. The molecule has 0 aliphatic carbocycles. The Kier molecular flexibility index (Phi) is 9.12. The molecule has 1 aromatic heterocycles. The van der Waals surface area contributed by atoms with E-state index in [1.165, 1.54) is 11.3 Å². The zero-order chi connectivity index (χ0) is 23.6. The Labute approximate surface area is 197 Å². The van der Waals surface area contributed by atoms with Crippen LogP contribution in [0.1, 0.15) is 51.9 Å². The van der Waals surface area contributed by atoms with Crippen LogP contribution in [0.15, 0.2) is 35.7 Å². The predicted molar refractivity (Wildman–Crippen MR) is 126 cm³/mol. The fourth-order valence-electron chi connectivity index (χ4n) is 3.52. The minimum atomic E-state index is -0.620.